The Morgan fingerprint density at radius 2 is 1.62 bits per heavy atom. The van der Waals surface area contributed by atoms with Crippen molar-refractivity contribution in [3.05, 3.63) is 104 Å². The van der Waals surface area contributed by atoms with Gasteiger partial charge in [0, 0.05) is 29.7 Å². The first-order valence-corrected chi connectivity index (χ1v) is 10.5. The van der Waals surface area contributed by atoms with Crippen molar-refractivity contribution in [3.8, 4) is 11.5 Å². The minimum absolute atomic E-state index is 0.151. The van der Waals surface area contributed by atoms with Crippen LogP contribution in [-0.4, -0.2) is 18.8 Å². The quantitative estimate of drug-likeness (QED) is 0.359. The number of aromatic hydroxyl groups is 1. The topological polar surface area (TPSA) is 78.9 Å². The molecule has 2 N–H and O–H groups in total. The smallest absolute Gasteiger partial charge is 0.271 e. The summed E-state index contributed by atoms with van der Waals surface area (Å²) in [5.41, 5.74) is 0.672. The molecule has 8 heteroatoms. The summed E-state index contributed by atoms with van der Waals surface area (Å²) in [5.74, 6) is -1.45. The fourth-order valence-electron chi connectivity index (χ4n) is 3.75. The highest BCUT2D eigenvalue weighted by Gasteiger charge is 2.21. The van der Waals surface area contributed by atoms with Crippen LogP contribution < -0.4 is 25.8 Å². The molecule has 0 amide bonds. The number of rotatable bonds is 8. The molecule has 0 saturated carbocycles. The molecule has 174 valence electrons. The zero-order valence-corrected chi connectivity index (χ0v) is 18.5. The van der Waals surface area contributed by atoms with Gasteiger partial charge in [-0.05, 0) is 66.1 Å². The molecular weight excluding hydrogens is 442 g/mol. The van der Waals surface area contributed by atoms with Crippen LogP contribution in [0.15, 0.2) is 76.3 Å². The molecule has 0 aromatic heterocycles. The van der Waals surface area contributed by atoms with E-state index in [1.807, 2.05) is 30.0 Å². The molecule has 6 nitrogen and oxygen atoms in total. The maximum absolute atomic E-state index is 13.8. The van der Waals surface area contributed by atoms with Crippen molar-refractivity contribution in [1.82, 2.24) is 0 Å². The molecule has 0 spiro atoms. The standard InChI is InChI=1S/C26H22F2N2O4/c1-15(16-10-17(27)12-18(28)11-16)14-30(20-6-8-22(34-2)9-7-20)21-5-3-4-19(13-21)29-23-24(31)26(33)25(23)32/h3-13,15,29,31H,14H2,1-2H3. The predicted octanol–water partition coefficient (Wildman–Crippen LogP) is 4.96. The van der Waals surface area contributed by atoms with Gasteiger partial charge >= 0.3 is 0 Å². The molecule has 0 aliphatic rings. The number of nitrogens with one attached hydrogen (secondary N) is 1. The van der Waals surface area contributed by atoms with Gasteiger partial charge in [-0.15, -0.1) is 0 Å². The Bertz CT molecular complexity index is 1380. The first-order valence-electron chi connectivity index (χ1n) is 10.5. The summed E-state index contributed by atoms with van der Waals surface area (Å²) < 4.78 is 32.9. The molecule has 4 rings (SSSR count). The maximum Gasteiger partial charge on any atom is 0.271 e. The van der Waals surface area contributed by atoms with E-state index in [0.717, 1.165) is 17.4 Å². The Kier molecular flexibility index (Phi) is 6.32. The van der Waals surface area contributed by atoms with E-state index in [1.54, 1.807) is 37.4 Å². The van der Waals surface area contributed by atoms with E-state index in [1.165, 1.54) is 12.1 Å². The van der Waals surface area contributed by atoms with Crippen molar-refractivity contribution in [2.24, 2.45) is 0 Å². The first-order chi connectivity index (χ1) is 16.3. The minimum atomic E-state index is -0.922. The first kappa shape index (κ1) is 23.0. The van der Waals surface area contributed by atoms with Gasteiger partial charge in [0.25, 0.3) is 10.9 Å². The van der Waals surface area contributed by atoms with E-state index < -0.39 is 28.2 Å². The van der Waals surface area contributed by atoms with Crippen molar-refractivity contribution in [2.45, 2.75) is 12.8 Å². The molecule has 0 heterocycles. The molecule has 0 aliphatic carbocycles. The molecule has 0 radical (unpaired) electrons. The molecule has 1 unspecified atom stereocenters. The van der Waals surface area contributed by atoms with Crippen LogP contribution in [0, 0.1) is 11.6 Å². The normalized spacial score (nSPS) is 11.9. The molecular formula is C26H22F2N2O4. The Morgan fingerprint density at radius 1 is 0.941 bits per heavy atom. The lowest BCUT2D eigenvalue weighted by molar-refractivity contribution is 0.415. The van der Waals surface area contributed by atoms with Gasteiger partial charge in [-0.25, -0.2) is 8.78 Å². The van der Waals surface area contributed by atoms with Crippen molar-refractivity contribution in [2.75, 3.05) is 23.9 Å². The zero-order chi connectivity index (χ0) is 24.4. The molecule has 0 fully saturated rings. The van der Waals surface area contributed by atoms with Gasteiger partial charge in [0.15, 0.2) is 5.75 Å². The lowest BCUT2D eigenvalue weighted by Gasteiger charge is -2.29. The minimum Gasteiger partial charge on any atom is -0.502 e. The van der Waals surface area contributed by atoms with E-state index in [9.17, 15) is 23.5 Å². The largest absolute Gasteiger partial charge is 0.502 e. The van der Waals surface area contributed by atoms with E-state index >= 15 is 0 Å². The van der Waals surface area contributed by atoms with Crippen molar-refractivity contribution >= 4 is 22.7 Å². The van der Waals surface area contributed by atoms with Crippen LogP contribution >= 0.6 is 0 Å². The van der Waals surface area contributed by atoms with Gasteiger partial charge in [-0.2, -0.15) is 0 Å². The Balaban J connectivity index is 1.69. The fourth-order valence-corrected chi connectivity index (χ4v) is 3.75. The summed E-state index contributed by atoms with van der Waals surface area (Å²) in [6.45, 7) is 2.25. The number of ether oxygens (including phenoxy) is 1. The third-order valence-corrected chi connectivity index (χ3v) is 5.61. The predicted molar refractivity (Wildman–Crippen MR) is 128 cm³/mol. The molecule has 0 bridgehead atoms. The van der Waals surface area contributed by atoms with Crippen LogP contribution in [-0.2, 0) is 0 Å². The van der Waals surface area contributed by atoms with Gasteiger partial charge in [-0.1, -0.05) is 13.0 Å². The monoisotopic (exact) mass is 464 g/mol. The third kappa shape index (κ3) is 4.61. The number of nitrogens with zero attached hydrogens (tertiary/aromatic N) is 1. The number of hydrogen-bond acceptors (Lipinski definition) is 6. The highest BCUT2D eigenvalue weighted by molar-refractivity contribution is 5.74. The van der Waals surface area contributed by atoms with E-state index in [2.05, 4.69) is 5.32 Å². The molecule has 4 aromatic rings. The van der Waals surface area contributed by atoms with Crippen LogP contribution in [0.3, 0.4) is 0 Å². The second-order valence-electron chi connectivity index (χ2n) is 7.97. The molecule has 4 aromatic carbocycles. The number of halogens is 2. The summed E-state index contributed by atoms with van der Waals surface area (Å²) in [7, 11) is 1.57. The molecule has 1 atom stereocenters. The second-order valence-corrected chi connectivity index (χ2v) is 7.97. The van der Waals surface area contributed by atoms with E-state index in [0.29, 0.717) is 23.5 Å². The van der Waals surface area contributed by atoms with Crippen LogP contribution in [0.5, 0.6) is 11.5 Å². The Hall–Kier alpha value is -4.20. The summed E-state index contributed by atoms with van der Waals surface area (Å²) in [6, 6.07) is 17.8. The van der Waals surface area contributed by atoms with Crippen LogP contribution in [0.2, 0.25) is 0 Å². The van der Waals surface area contributed by atoms with E-state index in [-0.39, 0.29) is 11.6 Å². The van der Waals surface area contributed by atoms with Gasteiger partial charge in [0.2, 0.25) is 0 Å². The van der Waals surface area contributed by atoms with Crippen LogP contribution in [0.4, 0.5) is 31.5 Å². The highest BCUT2D eigenvalue weighted by atomic mass is 19.1. The summed E-state index contributed by atoms with van der Waals surface area (Å²) >= 11 is 0. The summed E-state index contributed by atoms with van der Waals surface area (Å²) in [6.07, 6.45) is 0. The molecule has 34 heavy (non-hydrogen) atoms. The van der Waals surface area contributed by atoms with Crippen molar-refractivity contribution in [1.29, 1.82) is 0 Å². The van der Waals surface area contributed by atoms with Crippen LogP contribution in [0.25, 0.3) is 0 Å². The summed E-state index contributed by atoms with van der Waals surface area (Å²) in [4.78, 5) is 25.0. The fraction of sp³-hybridized carbons (Fsp3) is 0.154. The highest BCUT2D eigenvalue weighted by Crippen LogP contribution is 2.33. The average molecular weight is 464 g/mol. The maximum atomic E-state index is 13.8. The number of methoxy groups -OCH3 is 1. The lowest BCUT2D eigenvalue weighted by atomic mass is 9.99. The van der Waals surface area contributed by atoms with Gasteiger partial charge in [0.05, 0.1) is 7.11 Å². The number of anilines is 4. The third-order valence-electron chi connectivity index (χ3n) is 5.61. The van der Waals surface area contributed by atoms with Gasteiger partial charge < -0.3 is 20.1 Å². The Morgan fingerprint density at radius 3 is 2.24 bits per heavy atom. The SMILES string of the molecule is COc1ccc(N(CC(C)c2cc(F)cc(F)c2)c2cccc(Nc3c(O)c(=O)c3=O)c2)cc1. The van der Waals surface area contributed by atoms with Gasteiger partial charge in [-0.3, -0.25) is 9.59 Å². The number of benzene rings is 3. The van der Waals surface area contributed by atoms with E-state index in [4.69, 9.17) is 4.74 Å². The lowest BCUT2D eigenvalue weighted by Crippen LogP contribution is -2.32. The number of hydrogen-bond donors (Lipinski definition) is 2. The molecule has 0 saturated heterocycles. The zero-order valence-electron chi connectivity index (χ0n) is 18.5. The van der Waals surface area contributed by atoms with Crippen LogP contribution in [0.1, 0.15) is 18.4 Å². The second kappa shape index (κ2) is 9.35. The summed E-state index contributed by atoms with van der Waals surface area (Å²) in [5, 5.41) is 12.5. The average Bonchev–Trinajstić information content (AvgIpc) is 2.84. The Labute approximate surface area is 194 Å². The van der Waals surface area contributed by atoms with Crippen molar-refractivity contribution < 1.29 is 18.6 Å². The van der Waals surface area contributed by atoms with Gasteiger partial charge in [0.1, 0.15) is 23.1 Å². The molecule has 0 aliphatic heterocycles. The van der Waals surface area contributed by atoms with Crippen molar-refractivity contribution in [3.63, 3.8) is 0 Å².